The van der Waals surface area contributed by atoms with E-state index >= 15 is 0 Å². The molecule has 1 aromatic heterocycles. The molecule has 0 aliphatic rings. The van der Waals surface area contributed by atoms with Gasteiger partial charge in [-0.15, -0.1) is 11.8 Å². The van der Waals surface area contributed by atoms with Crippen LogP contribution in [0.4, 0.5) is 0 Å². The van der Waals surface area contributed by atoms with Crippen molar-refractivity contribution in [3.63, 3.8) is 0 Å². The molecule has 1 aromatic carbocycles. The number of nitrogens with zero attached hydrogens (tertiary/aromatic N) is 2. The third-order valence-electron chi connectivity index (χ3n) is 2.49. The molecule has 1 N–H and O–H groups in total. The van der Waals surface area contributed by atoms with Gasteiger partial charge >= 0.3 is 0 Å². The second-order valence-corrected chi connectivity index (χ2v) is 5.62. The third kappa shape index (κ3) is 3.34. The van der Waals surface area contributed by atoms with Gasteiger partial charge in [0.05, 0.1) is 12.4 Å². The SMILES string of the molecule is Cc1cccc(-c2nc(CSC(C)CO)no2)c1. The van der Waals surface area contributed by atoms with Crippen molar-refractivity contribution in [2.75, 3.05) is 6.61 Å². The Bertz CT molecular complexity index is 513. The van der Waals surface area contributed by atoms with Crippen LogP contribution in [0.25, 0.3) is 11.5 Å². The number of rotatable bonds is 5. The van der Waals surface area contributed by atoms with Crippen molar-refractivity contribution in [2.24, 2.45) is 0 Å². The van der Waals surface area contributed by atoms with Crippen molar-refractivity contribution in [1.82, 2.24) is 10.1 Å². The molecule has 0 saturated heterocycles. The molecule has 18 heavy (non-hydrogen) atoms. The van der Waals surface area contributed by atoms with Gasteiger partial charge in [-0.05, 0) is 19.1 Å². The minimum atomic E-state index is 0.160. The number of aliphatic hydroxyl groups is 1. The first-order valence-corrected chi connectivity index (χ1v) is 6.86. The zero-order chi connectivity index (χ0) is 13.0. The molecule has 0 radical (unpaired) electrons. The van der Waals surface area contributed by atoms with Gasteiger partial charge in [-0.1, -0.05) is 29.8 Å². The Kier molecular flexibility index (Phi) is 4.38. The minimum absolute atomic E-state index is 0.160. The Labute approximate surface area is 110 Å². The molecular formula is C13H16N2O2S. The summed E-state index contributed by atoms with van der Waals surface area (Å²) in [6, 6.07) is 7.96. The van der Waals surface area contributed by atoms with Gasteiger partial charge in [0, 0.05) is 10.8 Å². The lowest BCUT2D eigenvalue weighted by molar-refractivity contribution is 0.300. The molecule has 1 atom stereocenters. The van der Waals surface area contributed by atoms with Crippen LogP contribution in [0.5, 0.6) is 0 Å². The second-order valence-electron chi connectivity index (χ2n) is 4.19. The average molecular weight is 264 g/mol. The Hall–Kier alpha value is -1.33. The number of benzene rings is 1. The van der Waals surface area contributed by atoms with E-state index in [-0.39, 0.29) is 11.9 Å². The molecule has 0 aliphatic carbocycles. The van der Waals surface area contributed by atoms with E-state index in [4.69, 9.17) is 9.63 Å². The van der Waals surface area contributed by atoms with Crippen molar-refractivity contribution in [1.29, 1.82) is 0 Å². The molecule has 4 nitrogen and oxygen atoms in total. The van der Waals surface area contributed by atoms with E-state index in [1.807, 2.05) is 38.1 Å². The van der Waals surface area contributed by atoms with Crippen LogP contribution >= 0.6 is 11.8 Å². The lowest BCUT2D eigenvalue weighted by atomic mass is 10.1. The van der Waals surface area contributed by atoms with E-state index in [9.17, 15) is 0 Å². The third-order valence-corrected chi connectivity index (χ3v) is 3.63. The van der Waals surface area contributed by atoms with Crippen molar-refractivity contribution >= 4 is 11.8 Å². The molecule has 5 heteroatoms. The van der Waals surface area contributed by atoms with E-state index in [2.05, 4.69) is 10.1 Å². The number of aryl methyl sites for hydroxylation is 1. The molecule has 0 saturated carbocycles. The number of thioether (sulfide) groups is 1. The maximum Gasteiger partial charge on any atom is 0.257 e. The standard InChI is InChI=1S/C13H16N2O2S/c1-9-4-3-5-11(6-9)13-14-12(15-17-13)8-18-10(2)7-16/h3-6,10,16H,7-8H2,1-2H3. The molecule has 1 unspecified atom stereocenters. The number of hydrogen-bond acceptors (Lipinski definition) is 5. The summed E-state index contributed by atoms with van der Waals surface area (Å²) in [7, 11) is 0. The summed E-state index contributed by atoms with van der Waals surface area (Å²) in [4.78, 5) is 4.35. The van der Waals surface area contributed by atoms with Gasteiger partial charge in [0.1, 0.15) is 0 Å². The summed E-state index contributed by atoms with van der Waals surface area (Å²) >= 11 is 1.61. The fourth-order valence-electron chi connectivity index (χ4n) is 1.48. The summed E-state index contributed by atoms with van der Waals surface area (Å²) in [6.07, 6.45) is 0. The summed E-state index contributed by atoms with van der Waals surface area (Å²) in [6.45, 7) is 4.15. The summed E-state index contributed by atoms with van der Waals surface area (Å²) in [5, 5.41) is 13.1. The first-order valence-electron chi connectivity index (χ1n) is 5.81. The molecule has 96 valence electrons. The lowest BCUT2D eigenvalue weighted by Gasteiger charge is -2.03. The molecule has 0 bridgehead atoms. The number of aliphatic hydroxyl groups excluding tert-OH is 1. The van der Waals surface area contributed by atoms with Gasteiger partial charge in [-0.3, -0.25) is 0 Å². The smallest absolute Gasteiger partial charge is 0.257 e. The van der Waals surface area contributed by atoms with Crippen LogP contribution in [0.15, 0.2) is 28.8 Å². The van der Waals surface area contributed by atoms with Gasteiger partial charge in [0.25, 0.3) is 5.89 Å². The number of aromatic nitrogens is 2. The van der Waals surface area contributed by atoms with Crippen LogP contribution in [-0.2, 0) is 5.75 Å². The molecule has 0 fully saturated rings. The van der Waals surface area contributed by atoms with E-state index in [1.54, 1.807) is 11.8 Å². The summed E-state index contributed by atoms with van der Waals surface area (Å²) in [5.74, 6) is 1.86. The Morgan fingerprint density at radius 1 is 1.44 bits per heavy atom. The van der Waals surface area contributed by atoms with Crippen LogP contribution in [0.2, 0.25) is 0 Å². The van der Waals surface area contributed by atoms with Gasteiger partial charge in [0.15, 0.2) is 5.82 Å². The van der Waals surface area contributed by atoms with Crippen molar-refractivity contribution < 1.29 is 9.63 Å². The topological polar surface area (TPSA) is 59.2 Å². The van der Waals surface area contributed by atoms with E-state index in [0.29, 0.717) is 17.5 Å². The molecular weight excluding hydrogens is 248 g/mol. The van der Waals surface area contributed by atoms with E-state index in [1.165, 1.54) is 0 Å². The van der Waals surface area contributed by atoms with E-state index < -0.39 is 0 Å². The fourth-order valence-corrected chi connectivity index (χ4v) is 2.13. The maximum atomic E-state index is 8.94. The maximum absolute atomic E-state index is 8.94. The fraction of sp³-hybridized carbons (Fsp3) is 0.385. The minimum Gasteiger partial charge on any atom is -0.395 e. The Balaban J connectivity index is 2.06. The zero-order valence-corrected chi connectivity index (χ0v) is 11.3. The molecule has 0 amide bonds. The average Bonchev–Trinajstić information content (AvgIpc) is 2.84. The lowest BCUT2D eigenvalue weighted by Crippen LogP contribution is -2.02. The summed E-state index contributed by atoms with van der Waals surface area (Å²) in [5.41, 5.74) is 2.10. The highest BCUT2D eigenvalue weighted by molar-refractivity contribution is 7.99. The van der Waals surface area contributed by atoms with Gasteiger partial charge in [-0.2, -0.15) is 4.98 Å². The van der Waals surface area contributed by atoms with Gasteiger partial charge in [0.2, 0.25) is 0 Å². The van der Waals surface area contributed by atoms with Gasteiger partial charge in [-0.25, -0.2) is 0 Å². The van der Waals surface area contributed by atoms with Crippen molar-refractivity contribution in [3.8, 4) is 11.5 Å². The molecule has 2 aromatic rings. The predicted octanol–water partition coefficient (Wildman–Crippen LogP) is 2.66. The Morgan fingerprint density at radius 3 is 3.00 bits per heavy atom. The van der Waals surface area contributed by atoms with Gasteiger partial charge < -0.3 is 9.63 Å². The first kappa shape index (κ1) is 13.1. The number of hydrogen-bond donors (Lipinski definition) is 1. The van der Waals surface area contributed by atoms with E-state index in [0.717, 1.165) is 11.1 Å². The van der Waals surface area contributed by atoms with Crippen LogP contribution < -0.4 is 0 Å². The van der Waals surface area contributed by atoms with Crippen molar-refractivity contribution in [3.05, 3.63) is 35.7 Å². The van der Waals surface area contributed by atoms with Crippen LogP contribution in [0.3, 0.4) is 0 Å². The Morgan fingerprint density at radius 2 is 2.28 bits per heavy atom. The normalized spacial score (nSPS) is 12.6. The molecule has 1 heterocycles. The van der Waals surface area contributed by atoms with Crippen LogP contribution in [0.1, 0.15) is 18.3 Å². The highest BCUT2D eigenvalue weighted by Gasteiger charge is 2.10. The largest absolute Gasteiger partial charge is 0.395 e. The summed E-state index contributed by atoms with van der Waals surface area (Å²) < 4.78 is 5.23. The van der Waals surface area contributed by atoms with Crippen molar-refractivity contribution in [2.45, 2.75) is 24.9 Å². The monoisotopic (exact) mass is 264 g/mol. The molecule has 2 rings (SSSR count). The highest BCUT2D eigenvalue weighted by atomic mass is 32.2. The molecule has 0 spiro atoms. The molecule has 0 aliphatic heterocycles. The highest BCUT2D eigenvalue weighted by Crippen LogP contribution is 2.21. The predicted molar refractivity (Wildman–Crippen MR) is 72.3 cm³/mol. The van der Waals surface area contributed by atoms with Crippen LogP contribution in [-0.4, -0.2) is 27.1 Å². The van der Waals surface area contributed by atoms with Crippen LogP contribution in [0, 0.1) is 6.92 Å². The second kappa shape index (κ2) is 6.02. The quantitative estimate of drug-likeness (QED) is 0.899. The zero-order valence-electron chi connectivity index (χ0n) is 10.5. The first-order chi connectivity index (χ1) is 8.69.